The van der Waals surface area contributed by atoms with E-state index < -0.39 is 6.10 Å². The number of rotatable bonds is 47. The Morgan fingerprint density at radius 1 is 0.323 bits per heavy atom. The third-order valence-electron chi connectivity index (χ3n) is 11.1. The van der Waals surface area contributed by atoms with Crippen molar-refractivity contribution in [2.24, 2.45) is 0 Å². The molecule has 370 valence electrons. The summed E-state index contributed by atoms with van der Waals surface area (Å²) < 4.78 is 16.7. The van der Waals surface area contributed by atoms with Gasteiger partial charge in [0, 0.05) is 19.3 Å². The monoisotopic (exact) mass is 903 g/mol. The molecule has 0 saturated heterocycles. The molecule has 0 saturated carbocycles. The predicted octanol–water partition coefficient (Wildman–Crippen LogP) is 17.8. The largest absolute Gasteiger partial charge is 0.462 e. The normalized spacial score (nSPS) is 12.8. The molecule has 0 N–H and O–H groups in total. The molecule has 0 bridgehead atoms. The molecule has 0 heterocycles. The molecule has 0 amide bonds. The van der Waals surface area contributed by atoms with Crippen molar-refractivity contribution < 1.29 is 28.6 Å². The second-order valence-electron chi connectivity index (χ2n) is 17.4. The van der Waals surface area contributed by atoms with E-state index in [0.29, 0.717) is 19.3 Å². The van der Waals surface area contributed by atoms with Crippen LogP contribution in [0.1, 0.15) is 239 Å². The fourth-order valence-electron chi connectivity index (χ4n) is 7.06. The molecule has 0 aliphatic heterocycles. The molecule has 0 aromatic rings. The van der Waals surface area contributed by atoms with E-state index in [9.17, 15) is 14.4 Å². The maximum Gasteiger partial charge on any atom is 0.306 e. The lowest BCUT2D eigenvalue weighted by atomic mass is 10.1. The summed E-state index contributed by atoms with van der Waals surface area (Å²) in [5.41, 5.74) is 0. The first-order chi connectivity index (χ1) is 32.0. The summed E-state index contributed by atoms with van der Waals surface area (Å²) in [7, 11) is 0. The van der Waals surface area contributed by atoms with Gasteiger partial charge in [-0.1, -0.05) is 214 Å². The minimum absolute atomic E-state index is 0.0915. The molecule has 1 unspecified atom stereocenters. The SMILES string of the molecule is CC/C=C\C/C=C\C/C=C\C/C=C\C/C=C\C/C=C\CCCCCCC(=O)OCC(COC(=O)CCCCCCCCCC)OC(=O)CCCCCCC/C=C\C/C=C\CCCCCC. The van der Waals surface area contributed by atoms with Gasteiger partial charge in [0.1, 0.15) is 13.2 Å². The van der Waals surface area contributed by atoms with E-state index in [2.05, 4.69) is 118 Å². The zero-order valence-corrected chi connectivity index (χ0v) is 42.2. The third kappa shape index (κ3) is 51.2. The Morgan fingerprint density at radius 2 is 0.600 bits per heavy atom. The van der Waals surface area contributed by atoms with Crippen LogP contribution in [0, 0.1) is 0 Å². The minimum Gasteiger partial charge on any atom is -0.462 e. The quantitative estimate of drug-likeness (QED) is 0.0262. The number of hydrogen-bond donors (Lipinski definition) is 0. The van der Waals surface area contributed by atoms with Crippen LogP contribution in [0.3, 0.4) is 0 Å². The Morgan fingerprint density at radius 3 is 0.954 bits per heavy atom. The fourth-order valence-corrected chi connectivity index (χ4v) is 7.06. The number of allylic oxidation sites excluding steroid dienone is 16. The Balaban J connectivity index is 4.36. The molecule has 6 nitrogen and oxygen atoms in total. The van der Waals surface area contributed by atoms with Crippen molar-refractivity contribution in [3.05, 3.63) is 97.2 Å². The van der Waals surface area contributed by atoms with E-state index in [-0.39, 0.29) is 31.1 Å². The Hall–Kier alpha value is -3.67. The van der Waals surface area contributed by atoms with Crippen LogP contribution >= 0.6 is 0 Å². The number of carbonyl (C=O) groups excluding carboxylic acids is 3. The van der Waals surface area contributed by atoms with E-state index in [4.69, 9.17) is 14.2 Å². The highest BCUT2D eigenvalue weighted by molar-refractivity contribution is 5.71. The second-order valence-corrected chi connectivity index (χ2v) is 17.4. The maximum atomic E-state index is 12.8. The van der Waals surface area contributed by atoms with Crippen LogP contribution in [-0.4, -0.2) is 37.2 Å². The van der Waals surface area contributed by atoms with Gasteiger partial charge < -0.3 is 14.2 Å². The summed E-state index contributed by atoms with van der Waals surface area (Å²) in [6, 6.07) is 0. The lowest BCUT2D eigenvalue weighted by Gasteiger charge is -2.18. The van der Waals surface area contributed by atoms with Gasteiger partial charge in [-0.25, -0.2) is 0 Å². The van der Waals surface area contributed by atoms with Gasteiger partial charge >= 0.3 is 17.9 Å². The number of carbonyl (C=O) groups is 3. The lowest BCUT2D eigenvalue weighted by Crippen LogP contribution is -2.30. The predicted molar refractivity (Wildman–Crippen MR) is 279 cm³/mol. The average Bonchev–Trinajstić information content (AvgIpc) is 3.30. The van der Waals surface area contributed by atoms with Crippen molar-refractivity contribution in [3.8, 4) is 0 Å². The Bertz CT molecular complexity index is 1310. The highest BCUT2D eigenvalue weighted by Gasteiger charge is 2.19. The van der Waals surface area contributed by atoms with Gasteiger partial charge in [-0.3, -0.25) is 14.4 Å². The van der Waals surface area contributed by atoms with Gasteiger partial charge in [0.25, 0.3) is 0 Å². The van der Waals surface area contributed by atoms with E-state index in [1.807, 2.05) is 0 Å². The van der Waals surface area contributed by atoms with Gasteiger partial charge in [0.05, 0.1) is 0 Å². The van der Waals surface area contributed by atoms with Crippen LogP contribution in [0.4, 0.5) is 0 Å². The first-order valence-electron chi connectivity index (χ1n) is 26.7. The molecule has 6 heteroatoms. The standard InChI is InChI=1S/C59H98O6/c1-4-7-10-13-16-19-21-23-25-27-28-29-30-31-32-33-35-36-38-40-43-46-49-52-58(61)64-55-56(54-63-57(60)51-48-45-42-18-15-12-9-6-3)65-59(62)53-50-47-44-41-39-37-34-26-24-22-20-17-14-11-8-5-2/h7,10,16,19-20,22-23,25-26,28-29,31-32,34-36,56H,4-6,8-9,11-15,17-18,21,24,27,30,33,37-55H2,1-3H3/b10-7-,19-16-,22-20-,25-23-,29-28-,32-31-,34-26-,36-35-. The molecule has 0 aromatic carbocycles. The molecule has 0 aliphatic rings. The van der Waals surface area contributed by atoms with Gasteiger partial charge in [-0.2, -0.15) is 0 Å². The first-order valence-corrected chi connectivity index (χ1v) is 26.7. The van der Waals surface area contributed by atoms with E-state index in [1.54, 1.807) is 0 Å². The molecule has 0 spiro atoms. The number of esters is 3. The van der Waals surface area contributed by atoms with Crippen molar-refractivity contribution >= 4 is 17.9 Å². The van der Waals surface area contributed by atoms with Crippen molar-refractivity contribution in [2.75, 3.05) is 13.2 Å². The second kappa shape index (κ2) is 52.9. The highest BCUT2D eigenvalue weighted by Crippen LogP contribution is 2.13. The van der Waals surface area contributed by atoms with Gasteiger partial charge in [-0.15, -0.1) is 0 Å². The van der Waals surface area contributed by atoms with Crippen molar-refractivity contribution in [1.82, 2.24) is 0 Å². The zero-order chi connectivity index (χ0) is 47.2. The Labute approximate surface area is 400 Å². The van der Waals surface area contributed by atoms with Crippen molar-refractivity contribution in [1.29, 1.82) is 0 Å². The van der Waals surface area contributed by atoms with Crippen LogP contribution < -0.4 is 0 Å². The number of ether oxygens (including phenoxy) is 3. The van der Waals surface area contributed by atoms with Crippen LogP contribution in [0.25, 0.3) is 0 Å². The highest BCUT2D eigenvalue weighted by atomic mass is 16.6. The summed E-state index contributed by atoms with van der Waals surface area (Å²) in [6.07, 6.45) is 69.7. The van der Waals surface area contributed by atoms with Gasteiger partial charge in [0.2, 0.25) is 0 Å². The number of unbranched alkanes of at least 4 members (excludes halogenated alkanes) is 20. The van der Waals surface area contributed by atoms with E-state index in [1.165, 1.54) is 64.2 Å². The van der Waals surface area contributed by atoms with E-state index >= 15 is 0 Å². The summed E-state index contributed by atoms with van der Waals surface area (Å²) in [5, 5.41) is 0. The van der Waals surface area contributed by atoms with Gasteiger partial charge in [-0.05, 0) is 103 Å². The first kappa shape index (κ1) is 61.3. The van der Waals surface area contributed by atoms with Crippen LogP contribution in [0.5, 0.6) is 0 Å². The molecule has 1 atom stereocenters. The molecule has 0 aromatic heterocycles. The number of hydrogen-bond acceptors (Lipinski definition) is 6. The third-order valence-corrected chi connectivity index (χ3v) is 11.1. The van der Waals surface area contributed by atoms with Gasteiger partial charge in [0.15, 0.2) is 6.10 Å². The van der Waals surface area contributed by atoms with Crippen molar-refractivity contribution in [3.63, 3.8) is 0 Å². The molecule has 0 radical (unpaired) electrons. The van der Waals surface area contributed by atoms with E-state index in [0.717, 1.165) is 135 Å². The molecule has 65 heavy (non-hydrogen) atoms. The molecule has 0 rings (SSSR count). The van der Waals surface area contributed by atoms with Crippen LogP contribution in [0.15, 0.2) is 97.2 Å². The Kier molecular flexibility index (Phi) is 50.0. The summed E-state index contributed by atoms with van der Waals surface area (Å²) in [4.78, 5) is 37.9. The molecule has 0 fully saturated rings. The minimum atomic E-state index is -0.793. The fraction of sp³-hybridized carbons (Fsp3) is 0.678. The molecule has 0 aliphatic carbocycles. The summed E-state index contributed by atoms with van der Waals surface area (Å²) >= 11 is 0. The topological polar surface area (TPSA) is 78.9 Å². The van der Waals surface area contributed by atoms with Crippen molar-refractivity contribution in [2.45, 2.75) is 245 Å². The smallest absolute Gasteiger partial charge is 0.306 e. The molecular formula is C59H98O6. The van der Waals surface area contributed by atoms with Crippen LogP contribution in [-0.2, 0) is 28.6 Å². The summed E-state index contributed by atoms with van der Waals surface area (Å²) in [6.45, 7) is 6.44. The maximum absolute atomic E-state index is 12.8. The lowest BCUT2D eigenvalue weighted by molar-refractivity contribution is -0.167. The summed E-state index contributed by atoms with van der Waals surface area (Å²) in [5.74, 6) is -0.938. The zero-order valence-electron chi connectivity index (χ0n) is 42.2. The average molecular weight is 903 g/mol. The van der Waals surface area contributed by atoms with Crippen LogP contribution in [0.2, 0.25) is 0 Å². The molecular weight excluding hydrogens is 805 g/mol.